The van der Waals surface area contributed by atoms with E-state index in [4.69, 9.17) is 0 Å². The standard InChI is InChI=1S/C53H38N2/c1-35-25-26-46-51(29-35)55(42-32-40(36-15-5-2-6-16-36)30-41(33-42)37-17-7-3-8-18-37)50-28-27-49-52(53(46)50)45-23-13-14-24-48(45)54(49)43-31-39-21-11-12-22-44(39)47(34-43)38-19-9-4-10-20-38/h2-28,30-35H,29H2,1H3. The summed E-state index contributed by atoms with van der Waals surface area (Å²) in [7, 11) is 0. The van der Waals surface area contributed by atoms with Crippen LogP contribution in [0.1, 0.15) is 18.2 Å². The SMILES string of the molecule is CC1C=Cc2c(n(-c3cc(-c4ccccc4)cc(-c4ccccc4)c3)c3ccc4c(c5ccccc5n4-c4cc(-c5ccccc5)c5ccccc5c4)c23)C1. The lowest BCUT2D eigenvalue weighted by Crippen LogP contribution is -2.08. The van der Waals surface area contributed by atoms with Crippen molar-refractivity contribution in [3.8, 4) is 44.8 Å². The summed E-state index contributed by atoms with van der Waals surface area (Å²) in [5.74, 6) is 0.437. The van der Waals surface area contributed by atoms with E-state index < -0.39 is 0 Å². The van der Waals surface area contributed by atoms with Crippen molar-refractivity contribution >= 4 is 49.6 Å². The molecule has 260 valence electrons. The number of allylic oxidation sites excluding steroid dienone is 1. The van der Waals surface area contributed by atoms with E-state index in [1.807, 2.05) is 0 Å². The fourth-order valence-electron chi connectivity index (χ4n) is 9.12. The highest BCUT2D eigenvalue weighted by atomic mass is 15.0. The van der Waals surface area contributed by atoms with Gasteiger partial charge in [0.2, 0.25) is 0 Å². The van der Waals surface area contributed by atoms with Crippen LogP contribution in [0, 0.1) is 5.92 Å². The largest absolute Gasteiger partial charge is 0.313 e. The first-order valence-electron chi connectivity index (χ1n) is 19.3. The zero-order valence-corrected chi connectivity index (χ0v) is 30.7. The maximum atomic E-state index is 2.57. The molecule has 55 heavy (non-hydrogen) atoms. The Morgan fingerprint density at radius 1 is 0.436 bits per heavy atom. The molecular formula is C53H38N2. The first-order chi connectivity index (χ1) is 27.2. The van der Waals surface area contributed by atoms with Gasteiger partial charge in [0, 0.05) is 38.8 Å². The van der Waals surface area contributed by atoms with Gasteiger partial charge in [0.25, 0.3) is 0 Å². The molecule has 8 aromatic carbocycles. The van der Waals surface area contributed by atoms with E-state index in [1.165, 1.54) is 99.5 Å². The Morgan fingerprint density at radius 3 is 1.69 bits per heavy atom. The van der Waals surface area contributed by atoms with Crippen LogP contribution in [-0.2, 0) is 6.42 Å². The van der Waals surface area contributed by atoms with Gasteiger partial charge in [-0.1, -0.05) is 153 Å². The van der Waals surface area contributed by atoms with Gasteiger partial charge in [0.1, 0.15) is 0 Å². The summed E-state index contributed by atoms with van der Waals surface area (Å²) in [6, 6.07) is 66.8. The van der Waals surface area contributed by atoms with Crippen LogP contribution >= 0.6 is 0 Å². The highest BCUT2D eigenvalue weighted by molar-refractivity contribution is 6.23. The molecule has 0 N–H and O–H groups in total. The topological polar surface area (TPSA) is 9.86 Å². The molecule has 2 aromatic heterocycles. The number of para-hydroxylation sites is 1. The monoisotopic (exact) mass is 702 g/mol. The molecule has 0 fully saturated rings. The lowest BCUT2D eigenvalue weighted by Gasteiger charge is -2.19. The summed E-state index contributed by atoms with van der Waals surface area (Å²) in [4.78, 5) is 0. The van der Waals surface area contributed by atoms with Gasteiger partial charge in [-0.05, 0) is 105 Å². The van der Waals surface area contributed by atoms with E-state index in [0.717, 1.165) is 6.42 Å². The van der Waals surface area contributed by atoms with Crippen LogP contribution < -0.4 is 0 Å². The van der Waals surface area contributed by atoms with E-state index in [9.17, 15) is 0 Å². The van der Waals surface area contributed by atoms with Crippen LogP contribution in [0.15, 0.2) is 188 Å². The molecule has 2 nitrogen and oxygen atoms in total. The van der Waals surface area contributed by atoms with Gasteiger partial charge in [0.15, 0.2) is 0 Å². The van der Waals surface area contributed by atoms with Crippen LogP contribution in [0.3, 0.4) is 0 Å². The summed E-state index contributed by atoms with van der Waals surface area (Å²) in [5, 5.41) is 6.39. The molecule has 1 aliphatic rings. The summed E-state index contributed by atoms with van der Waals surface area (Å²) in [5.41, 5.74) is 16.1. The number of hydrogen-bond donors (Lipinski definition) is 0. The van der Waals surface area contributed by atoms with Crippen molar-refractivity contribution in [3.63, 3.8) is 0 Å². The van der Waals surface area contributed by atoms with Crippen molar-refractivity contribution in [2.45, 2.75) is 13.3 Å². The second-order valence-electron chi connectivity index (χ2n) is 15.0. The normalized spacial score (nSPS) is 13.9. The highest BCUT2D eigenvalue weighted by Gasteiger charge is 2.26. The minimum Gasteiger partial charge on any atom is -0.313 e. The van der Waals surface area contributed by atoms with Crippen LogP contribution in [-0.4, -0.2) is 9.13 Å². The van der Waals surface area contributed by atoms with E-state index in [1.54, 1.807) is 0 Å². The van der Waals surface area contributed by atoms with Crippen LogP contribution in [0.25, 0.3) is 94.3 Å². The van der Waals surface area contributed by atoms with E-state index in [2.05, 4.69) is 210 Å². The predicted molar refractivity (Wildman–Crippen MR) is 233 cm³/mol. The molecule has 2 heterocycles. The second-order valence-corrected chi connectivity index (χ2v) is 15.0. The third kappa shape index (κ3) is 5.10. The number of aromatic nitrogens is 2. The second kappa shape index (κ2) is 12.6. The number of nitrogens with zero attached hydrogens (tertiary/aromatic N) is 2. The van der Waals surface area contributed by atoms with Gasteiger partial charge in [-0.15, -0.1) is 0 Å². The molecular weight excluding hydrogens is 665 g/mol. The average molecular weight is 703 g/mol. The lowest BCUT2D eigenvalue weighted by molar-refractivity contribution is 0.690. The Bertz CT molecular complexity index is 3050. The predicted octanol–water partition coefficient (Wildman–Crippen LogP) is 14.1. The quantitative estimate of drug-likeness (QED) is 0.169. The van der Waals surface area contributed by atoms with Gasteiger partial charge < -0.3 is 9.13 Å². The van der Waals surface area contributed by atoms with Gasteiger partial charge in [-0.2, -0.15) is 0 Å². The Kier molecular flexibility index (Phi) is 7.25. The average Bonchev–Trinajstić information content (AvgIpc) is 3.76. The number of benzene rings is 8. The molecule has 0 amide bonds. The molecule has 0 bridgehead atoms. The van der Waals surface area contributed by atoms with Crippen molar-refractivity contribution in [2.24, 2.45) is 5.92 Å². The molecule has 0 aliphatic heterocycles. The maximum Gasteiger partial charge on any atom is 0.0548 e. The number of rotatable bonds is 5. The maximum absolute atomic E-state index is 2.57. The van der Waals surface area contributed by atoms with Crippen LogP contribution in [0.5, 0.6) is 0 Å². The van der Waals surface area contributed by atoms with Crippen molar-refractivity contribution in [3.05, 3.63) is 199 Å². The van der Waals surface area contributed by atoms with Crippen molar-refractivity contribution in [2.75, 3.05) is 0 Å². The zero-order chi connectivity index (χ0) is 36.5. The Hall–Kier alpha value is -6.90. The molecule has 0 radical (unpaired) electrons. The summed E-state index contributed by atoms with van der Waals surface area (Å²) >= 11 is 0. The molecule has 1 aliphatic carbocycles. The number of fused-ring (bicyclic) bond motifs is 8. The first kappa shape index (κ1) is 31.6. The molecule has 0 spiro atoms. The third-order valence-electron chi connectivity index (χ3n) is 11.6. The fourth-order valence-corrected chi connectivity index (χ4v) is 9.12. The van der Waals surface area contributed by atoms with Crippen LogP contribution in [0.4, 0.5) is 0 Å². The van der Waals surface area contributed by atoms with Gasteiger partial charge >= 0.3 is 0 Å². The molecule has 2 heteroatoms. The number of hydrogen-bond acceptors (Lipinski definition) is 0. The fraction of sp³-hybridized carbons (Fsp3) is 0.0566. The lowest BCUT2D eigenvalue weighted by atomic mass is 9.93. The molecule has 1 atom stereocenters. The minimum absolute atomic E-state index is 0.437. The molecule has 0 saturated heterocycles. The Balaban J connectivity index is 1.22. The summed E-state index contributed by atoms with van der Waals surface area (Å²) in [6.07, 6.45) is 5.77. The molecule has 11 rings (SSSR count). The zero-order valence-electron chi connectivity index (χ0n) is 30.7. The Morgan fingerprint density at radius 2 is 1.00 bits per heavy atom. The molecule has 10 aromatic rings. The van der Waals surface area contributed by atoms with Crippen molar-refractivity contribution < 1.29 is 0 Å². The highest BCUT2D eigenvalue weighted by Crippen LogP contribution is 2.45. The van der Waals surface area contributed by atoms with Crippen molar-refractivity contribution in [1.82, 2.24) is 9.13 Å². The van der Waals surface area contributed by atoms with E-state index in [0.29, 0.717) is 5.92 Å². The first-order valence-corrected chi connectivity index (χ1v) is 19.3. The Labute approximate surface area is 320 Å². The van der Waals surface area contributed by atoms with Gasteiger partial charge in [0.05, 0.1) is 16.6 Å². The smallest absolute Gasteiger partial charge is 0.0548 e. The molecule has 0 saturated carbocycles. The van der Waals surface area contributed by atoms with Gasteiger partial charge in [-0.25, -0.2) is 0 Å². The summed E-state index contributed by atoms with van der Waals surface area (Å²) in [6.45, 7) is 2.34. The van der Waals surface area contributed by atoms with Gasteiger partial charge in [-0.3, -0.25) is 0 Å². The van der Waals surface area contributed by atoms with Crippen molar-refractivity contribution in [1.29, 1.82) is 0 Å². The van der Waals surface area contributed by atoms with Crippen LogP contribution in [0.2, 0.25) is 0 Å². The van der Waals surface area contributed by atoms with E-state index >= 15 is 0 Å². The summed E-state index contributed by atoms with van der Waals surface area (Å²) < 4.78 is 5.06. The minimum atomic E-state index is 0.437. The third-order valence-corrected chi connectivity index (χ3v) is 11.6. The van der Waals surface area contributed by atoms with E-state index in [-0.39, 0.29) is 0 Å². The molecule has 1 unspecified atom stereocenters.